The van der Waals surface area contributed by atoms with Crippen molar-refractivity contribution in [2.75, 3.05) is 11.1 Å². The number of nitrogens with one attached hydrogen (secondary N) is 1. The van der Waals surface area contributed by atoms with E-state index in [0.717, 1.165) is 6.07 Å². The van der Waals surface area contributed by atoms with Gasteiger partial charge in [-0.25, -0.2) is 8.78 Å². The molecule has 110 valence electrons. The van der Waals surface area contributed by atoms with E-state index in [2.05, 4.69) is 37.2 Å². The fourth-order valence-corrected chi connectivity index (χ4v) is 2.76. The SMILES string of the molecule is Cc1c(N)cc(Br)cc1C(=O)Nc1c(F)cc(F)cc1Br. The van der Waals surface area contributed by atoms with Crippen LogP contribution in [-0.2, 0) is 0 Å². The van der Waals surface area contributed by atoms with Gasteiger partial charge in [0.25, 0.3) is 5.91 Å². The number of anilines is 2. The molecular weight excluding hydrogens is 410 g/mol. The third-order valence-electron chi connectivity index (χ3n) is 2.90. The maximum absolute atomic E-state index is 13.7. The lowest BCUT2D eigenvalue weighted by Crippen LogP contribution is -2.16. The largest absolute Gasteiger partial charge is 0.398 e. The summed E-state index contributed by atoms with van der Waals surface area (Å²) in [7, 11) is 0. The van der Waals surface area contributed by atoms with Crippen LogP contribution < -0.4 is 11.1 Å². The van der Waals surface area contributed by atoms with Gasteiger partial charge in [0.05, 0.1) is 5.69 Å². The van der Waals surface area contributed by atoms with Crippen LogP contribution in [-0.4, -0.2) is 5.91 Å². The summed E-state index contributed by atoms with van der Waals surface area (Å²) in [5.41, 5.74) is 6.98. The molecule has 0 aliphatic rings. The molecule has 0 bridgehead atoms. The lowest BCUT2D eigenvalue weighted by atomic mass is 10.1. The fraction of sp³-hybridized carbons (Fsp3) is 0.0714. The first-order valence-electron chi connectivity index (χ1n) is 5.81. The van der Waals surface area contributed by atoms with E-state index >= 15 is 0 Å². The number of hydrogen-bond donors (Lipinski definition) is 2. The van der Waals surface area contributed by atoms with Gasteiger partial charge in [-0.15, -0.1) is 0 Å². The summed E-state index contributed by atoms with van der Waals surface area (Å²) in [4.78, 5) is 12.3. The van der Waals surface area contributed by atoms with Crippen LogP contribution in [0.5, 0.6) is 0 Å². The van der Waals surface area contributed by atoms with Crippen molar-refractivity contribution in [2.24, 2.45) is 0 Å². The quantitative estimate of drug-likeness (QED) is 0.697. The van der Waals surface area contributed by atoms with Crippen molar-refractivity contribution in [3.05, 3.63) is 56.0 Å². The first kappa shape index (κ1) is 15.9. The van der Waals surface area contributed by atoms with Crippen LogP contribution in [0, 0.1) is 18.6 Å². The smallest absolute Gasteiger partial charge is 0.256 e. The minimum absolute atomic E-state index is 0.119. The van der Waals surface area contributed by atoms with Crippen LogP contribution in [0.25, 0.3) is 0 Å². The molecule has 2 rings (SSSR count). The second-order valence-corrected chi connectivity index (χ2v) is 6.14. The van der Waals surface area contributed by atoms with Gasteiger partial charge in [-0.2, -0.15) is 0 Å². The standard InChI is InChI=1S/C14H10Br2F2N2O/c1-6-9(2-7(15)3-12(6)19)14(21)20-13-10(16)4-8(17)5-11(13)18/h2-5H,19H2,1H3,(H,20,21). The van der Waals surface area contributed by atoms with Gasteiger partial charge in [-0.1, -0.05) is 15.9 Å². The van der Waals surface area contributed by atoms with Gasteiger partial charge >= 0.3 is 0 Å². The monoisotopic (exact) mass is 418 g/mol. The van der Waals surface area contributed by atoms with Gasteiger partial charge < -0.3 is 11.1 Å². The Hall–Kier alpha value is -1.47. The molecule has 0 saturated heterocycles. The number of hydrogen-bond acceptors (Lipinski definition) is 2. The molecule has 0 atom stereocenters. The number of carbonyl (C=O) groups is 1. The van der Waals surface area contributed by atoms with Gasteiger partial charge in [0.1, 0.15) is 5.82 Å². The highest BCUT2D eigenvalue weighted by Gasteiger charge is 2.17. The first-order chi connectivity index (χ1) is 9.79. The lowest BCUT2D eigenvalue weighted by Gasteiger charge is -2.12. The van der Waals surface area contributed by atoms with Crippen molar-refractivity contribution >= 4 is 49.1 Å². The van der Waals surface area contributed by atoms with Crippen molar-refractivity contribution in [1.82, 2.24) is 0 Å². The zero-order chi connectivity index (χ0) is 15.7. The molecule has 3 nitrogen and oxygen atoms in total. The fourth-order valence-electron chi connectivity index (χ4n) is 1.78. The number of rotatable bonds is 2. The zero-order valence-corrected chi connectivity index (χ0v) is 14.0. The molecule has 0 aliphatic carbocycles. The van der Waals surface area contributed by atoms with Crippen LogP contribution in [0.4, 0.5) is 20.2 Å². The molecule has 0 unspecified atom stereocenters. The van der Waals surface area contributed by atoms with Crippen molar-refractivity contribution in [3.8, 4) is 0 Å². The summed E-state index contributed by atoms with van der Waals surface area (Å²) >= 11 is 6.26. The maximum atomic E-state index is 13.7. The van der Waals surface area contributed by atoms with Crippen molar-refractivity contribution in [3.63, 3.8) is 0 Å². The third-order valence-corrected chi connectivity index (χ3v) is 3.99. The van der Waals surface area contributed by atoms with Crippen LogP contribution in [0.1, 0.15) is 15.9 Å². The Labute approximate surface area is 136 Å². The van der Waals surface area contributed by atoms with E-state index in [4.69, 9.17) is 5.73 Å². The van der Waals surface area contributed by atoms with Crippen LogP contribution >= 0.6 is 31.9 Å². The minimum atomic E-state index is -0.865. The van der Waals surface area contributed by atoms with E-state index in [1.54, 1.807) is 19.1 Å². The number of nitrogen functional groups attached to an aromatic ring is 1. The summed E-state index contributed by atoms with van der Waals surface area (Å²) in [5.74, 6) is -2.14. The van der Waals surface area contributed by atoms with Gasteiger partial charge in [0, 0.05) is 26.3 Å². The summed E-state index contributed by atoms with van der Waals surface area (Å²) in [6.07, 6.45) is 0. The Morgan fingerprint density at radius 2 is 1.86 bits per heavy atom. The highest BCUT2D eigenvalue weighted by Crippen LogP contribution is 2.29. The molecule has 0 spiro atoms. The van der Waals surface area contributed by atoms with E-state index in [1.165, 1.54) is 0 Å². The van der Waals surface area contributed by atoms with E-state index in [0.29, 0.717) is 27.4 Å². The summed E-state index contributed by atoms with van der Waals surface area (Å²) in [6.45, 7) is 1.69. The molecule has 1 amide bonds. The molecule has 0 aromatic heterocycles. The summed E-state index contributed by atoms with van der Waals surface area (Å²) in [5, 5.41) is 2.41. The molecule has 7 heteroatoms. The molecule has 0 radical (unpaired) electrons. The third kappa shape index (κ3) is 3.41. The first-order valence-corrected chi connectivity index (χ1v) is 7.39. The van der Waals surface area contributed by atoms with Crippen molar-refractivity contribution in [1.29, 1.82) is 0 Å². The summed E-state index contributed by atoms with van der Waals surface area (Å²) < 4.78 is 27.5. The number of benzene rings is 2. The van der Waals surface area contributed by atoms with Crippen LogP contribution in [0.15, 0.2) is 33.2 Å². The summed E-state index contributed by atoms with van der Waals surface area (Å²) in [6, 6.07) is 5.01. The Kier molecular flexibility index (Phi) is 4.63. The van der Waals surface area contributed by atoms with E-state index in [-0.39, 0.29) is 10.2 Å². The van der Waals surface area contributed by atoms with E-state index in [1.807, 2.05) is 0 Å². The van der Waals surface area contributed by atoms with Gasteiger partial charge in [-0.3, -0.25) is 4.79 Å². The van der Waals surface area contributed by atoms with Crippen molar-refractivity contribution in [2.45, 2.75) is 6.92 Å². The molecule has 0 fully saturated rings. The van der Waals surface area contributed by atoms with Gasteiger partial charge in [0.2, 0.25) is 0 Å². The predicted molar refractivity (Wildman–Crippen MR) is 85.3 cm³/mol. The number of nitrogens with two attached hydrogens (primary N) is 1. The lowest BCUT2D eigenvalue weighted by molar-refractivity contribution is 0.102. The van der Waals surface area contributed by atoms with E-state index in [9.17, 15) is 13.6 Å². The van der Waals surface area contributed by atoms with Crippen LogP contribution in [0.3, 0.4) is 0 Å². The molecular formula is C14H10Br2F2N2O. The maximum Gasteiger partial charge on any atom is 0.256 e. The Morgan fingerprint density at radius 1 is 1.19 bits per heavy atom. The predicted octanol–water partition coefficient (Wildman–Crippen LogP) is 4.63. The number of amides is 1. The average Bonchev–Trinajstić information content (AvgIpc) is 2.37. The normalized spacial score (nSPS) is 10.5. The van der Waals surface area contributed by atoms with Crippen molar-refractivity contribution < 1.29 is 13.6 Å². The number of halogens is 4. The molecule has 0 heterocycles. The Balaban J connectivity index is 2.40. The molecule has 3 N–H and O–H groups in total. The molecule has 21 heavy (non-hydrogen) atoms. The molecule has 0 aliphatic heterocycles. The highest BCUT2D eigenvalue weighted by molar-refractivity contribution is 9.10. The second-order valence-electron chi connectivity index (χ2n) is 4.37. The van der Waals surface area contributed by atoms with Crippen LogP contribution in [0.2, 0.25) is 0 Å². The molecule has 2 aromatic carbocycles. The average molecular weight is 420 g/mol. The molecule has 0 saturated carbocycles. The Bertz CT molecular complexity index is 712. The molecule has 2 aromatic rings. The number of carbonyl (C=O) groups excluding carboxylic acids is 1. The van der Waals surface area contributed by atoms with Gasteiger partial charge in [-0.05, 0) is 46.6 Å². The highest BCUT2D eigenvalue weighted by atomic mass is 79.9. The second kappa shape index (κ2) is 6.11. The van der Waals surface area contributed by atoms with Gasteiger partial charge in [0.15, 0.2) is 5.82 Å². The Morgan fingerprint density at radius 3 is 2.48 bits per heavy atom. The topological polar surface area (TPSA) is 55.1 Å². The minimum Gasteiger partial charge on any atom is -0.398 e. The van der Waals surface area contributed by atoms with E-state index < -0.39 is 17.5 Å². The zero-order valence-electron chi connectivity index (χ0n) is 10.8.